The number of carbonyl (C=O) groups is 2. The van der Waals surface area contributed by atoms with E-state index in [0.29, 0.717) is 5.56 Å². The van der Waals surface area contributed by atoms with Crippen molar-refractivity contribution >= 4 is 11.9 Å². The van der Waals surface area contributed by atoms with Crippen LogP contribution in [0.3, 0.4) is 0 Å². The van der Waals surface area contributed by atoms with Crippen LogP contribution in [-0.4, -0.2) is 34.5 Å². The van der Waals surface area contributed by atoms with Crippen LogP contribution in [0.5, 0.6) is 0 Å². The Morgan fingerprint density at radius 3 is 2.28 bits per heavy atom. The van der Waals surface area contributed by atoms with Crippen molar-refractivity contribution in [3.63, 3.8) is 0 Å². The summed E-state index contributed by atoms with van der Waals surface area (Å²) < 4.78 is 12.8. The van der Waals surface area contributed by atoms with Gasteiger partial charge >= 0.3 is 5.97 Å². The van der Waals surface area contributed by atoms with Crippen LogP contribution in [0.1, 0.15) is 30.6 Å². The molecule has 0 aliphatic carbocycles. The van der Waals surface area contributed by atoms with Crippen molar-refractivity contribution in [1.29, 1.82) is 0 Å². The predicted molar refractivity (Wildman–Crippen MR) is 64.8 cm³/mol. The van der Waals surface area contributed by atoms with E-state index in [0.717, 1.165) is 0 Å². The van der Waals surface area contributed by atoms with Gasteiger partial charge in [0.2, 0.25) is 0 Å². The van der Waals surface area contributed by atoms with E-state index in [1.54, 1.807) is 0 Å². The second-order valence-electron chi connectivity index (χ2n) is 4.24. The topological polar surface area (TPSA) is 57.6 Å². The smallest absolute Gasteiger partial charge is 0.305 e. The van der Waals surface area contributed by atoms with E-state index in [1.165, 1.54) is 29.2 Å². The third-order valence-corrected chi connectivity index (χ3v) is 2.54. The summed E-state index contributed by atoms with van der Waals surface area (Å²) in [4.78, 5) is 24.1. The molecule has 0 heterocycles. The number of hydrogen-bond donors (Lipinski definition) is 1. The quantitative estimate of drug-likeness (QED) is 0.874. The molecule has 0 unspecified atom stereocenters. The Balaban J connectivity index is 2.82. The summed E-state index contributed by atoms with van der Waals surface area (Å²) in [7, 11) is 0. The zero-order chi connectivity index (χ0) is 13.7. The summed E-state index contributed by atoms with van der Waals surface area (Å²) in [6.45, 7) is 3.76. The molecule has 1 amide bonds. The molecule has 0 saturated carbocycles. The van der Waals surface area contributed by atoms with Gasteiger partial charge in [0.1, 0.15) is 5.82 Å². The number of benzene rings is 1. The van der Waals surface area contributed by atoms with Gasteiger partial charge < -0.3 is 10.0 Å². The van der Waals surface area contributed by atoms with Gasteiger partial charge in [-0.05, 0) is 38.1 Å². The first kappa shape index (κ1) is 14.2. The molecule has 0 bridgehead atoms. The number of rotatable bonds is 5. The van der Waals surface area contributed by atoms with Crippen LogP contribution < -0.4 is 0 Å². The van der Waals surface area contributed by atoms with Crippen molar-refractivity contribution in [1.82, 2.24) is 4.90 Å². The lowest BCUT2D eigenvalue weighted by molar-refractivity contribution is -0.137. The third-order valence-electron chi connectivity index (χ3n) is 2.54. The van der Waals surface area contributed by atoms with E-state index in [-0.39, 0.29) is 24.9 Å². The Morgan fingerprint density at radius 1 is 1.28 bits per heavy atom. The minimum Gasteiger partial charge on any atom is -0.481 e. The fourth-order valence-corrected chi connectivity index (χ4v) is 1.57. The molecule has 5 heteroatoms. The normalized spacial score (nSPS) is 10.4. The highest BCUT2D eigenvalue weighted by molar-refractivity contribution is 5.94. The summed E-state index contributed by atoms with van der Waals surface area (Å²) in [6, 6.07) is 5.11. The Hall–Kier alpha value is -1.91. The molecule has 0 aromatic heterocycles. The lowest BCUT2D eigenvalue weighted by Crippen LogP contribution is -2.38. The molecule has 0 aliphatic heterocycles. The van der Waals surface area contributed by atoms with Crippen molar-refractivity contribution in [2.75, 3.05) is 6.54 Å². The van der Waals surface area contributed by atoms with Crippen molar-refractivity contribution < 1.29 is 19.1 Å². The second kappa shape index (κ2) is 6.14. The van der Waals surface area contributed by atoms with Crippen molar-refractivity contribution in [3.8, 4) is 0 Å². The van der Waals surface area contributed by atoms with Crippen LogP contribution >= 0.6 is 0 Å². The number of halogens is 1. The lowest BCUT2D eigenvalue weighted by Gasteiger charge is -2.26. The van der Waals surface area contributed by atoms with Crippen LogP contribution in [0.2, 0.25) is 0 Å². The molecule has 98 valence electrons. The van der Waals surface area contributed by atoms with Gasteiger partial charge in [0, 0.05) is 18.2 Å². The van der Waals surface area contributed by atoms with Gasteiger partial charge in [-0.25, -0.2) is 4.39 Å². The molecule has 18 heavy (non-hydrogen) atoms. The van der Waals surface area contributed by atoms with Crippen molar-refractivity contribution in [2.45, 2.75) is 26.3 Å². The maximum atomic E-state index is 12.8. The van der Waals surface area contributed by atoms with Gasteiger partial charge in [-0.1, -0.05) is 0 Å². The molecule has 0 saturated heterocycles. The Morgan fingerprint density at radius 2 is 1.83 bits per heavy atom. The number of carboxylic acid groups (broad SMARTS) is 1. The van der Waals surface area contributed by atoms with Crippen LogP contribution in [0.15, 0.2) is 24.3 Å². The number of aliphatic carboxylic acids is 1. The molecule has 1 aromatic carbocycles. The van der Waals surface area contributed by atoms with Gasteiger partial charge in [-0.3, -0.25) is 9.59 Å². The summed E-state index contributed by atoms with van der Waals surface area (Å²) >= 11 is 0. The molecule has 4 nitrogen and oxygen atoms in total. The Labute approximate surface area is 105 Å². The molecule has 0 aliphatic rings. The fraction of sp³-hybridized carbons (Fsp3) is 0.385. The first-order valence-electron chi connectivity index (χ1n) is 5.70. The number of nitrogens with zero attached hydrogens (tertiary/aromatic N) is 1. The summed E-state index contributed by atoms with van der Waals surface area (Å²) in [5, 5.41) is 8.65. The summed E-state index contributed by atoms with van der Waals surface area (Å²) in [5.74, 6) is -1.65. The van der Waals surface area contributed by atoms with E-state index in [1.807, 2.05) is 13.8 Å². The van der Waals surface area contributed by atoms with Gasteiger partial charge in [-0.2, -0.15) is 0 Å². The molecule has 0 atom stereocenters. The largest absolute Gasteiger partial charge is 0.481 e. The predicted octanol–water partition coefficient (Wildman–Crippen LogP) is 2.15. The van der Waals surface area contributed by atoms with Crippen molar-refractivity contribution in [2.24, 2.45) is 0 Å². The first-order chi connectivity index (χ1) is 8.41. The van der Waals surface area contributed by atoms with Crippen molar-refractivity contribution in [3.05, 3.63) is 35.6 Å². The average Bonchev–Trinajstić information content (AvgIpc) is 2.29. The van der Waals surface area contributed by atoms with Crippen LogP contribution in [0.4, 0.5) is 4.39 Å². The first-order valence-corrected chi connectivity index (χ1v) is 5.70. The molecular weight excluding hydrogens is 237 g/mol. The minimum atomic E-state index is -0.951. The van der Waals surface area contributed by atoms with Gasteiger partial charge in [0.25, 0.3) is 5.91 Å². The van der Waals surface area contributed by atoms with Crippen LogP contribution in [0.25, 0.3) is 0 Å². The van der Waals surface area contributed by atoms with Crippen LogP contribution in [-0.2, 0) is 4.79 Å². The van der Waals surface area contributed by atoms with E-state index < -0.39 is 11.8 Å². The van der Waals surface area contributed by atoms with E-state index in [2.05, 4.69) is 0 Å². The Bertz CT molecular complexity index is 428. The highest BCUT2D eigenvalue weighted by Gasteiger charge is 2.19. The number of carbonyl (C=O) groups excluding carboxylic acids is 1. The monoisotopic (exact) mass is 253 g/mol. The molecular formula is C13H16FNO3. The summed E-state index contributed by atoms with van der Waals surface area (Å²) in [6.07, 6.45) is -0.106. The minimum absolute atomic E-state index is 0.106. The molecule has 1 N–H and O–H groups in total. The zero-order valence-electron chi connectivity index (χ0n) is 10.4. The average molecular weight is 253 g/mol. The maximum Gasteiger partial charge on any atom is 0.305 e. The highest BCUT2D eigenvalue weighted by Crippen LogP contribution is 2.10. The van der Waals surface area contributed by atoms with Gasteiger partial charge in [-0.15, -0.1) is 0 Å². The number of amides is 1. The molecule has 0 radical (unpaired) electrons. The van der Waals surface area contributed by atoms with E-state index in [4.69, 9.17) is 5.11 Å². The van der Waals surface area contributed by atoms with E-state index in [9.17, 15) is 14.0 Å². The Kier molecular flexibility index (Phi) is 4.83. The molecule has 1 aromatic rings. The van der Waals surface area contributed by atoms with Crippen LogP contribution in [0, 0.1) is 5.82 Å². The zero-order valence-corrected chi connectivity index (χ0v) is 10.4. The summed E-state index contributed by atoms with van der Waals surface area (Å²) in [5.41, 5.74) is 0.357. The number of hydrogen-bond acceptors (Lipinski definition) is 2. The molecule has 0 fully saturated rings. The third kappa shape index (κ3) is 3.84. The second-order valence-corrected chi connectivity index (χ2v) is 4.24. The fourth-order valence-electron chi connectivity index (χ4n) is 1.57. The standard InChI is InChI=1S/C13H16FNO3/c1-9(2)15(8-7-12(16)17)13(18)10-3-5-11(14)6-4-10/h3-6,9H,7-8H2,1-2H3,(H,16,17). The maximum absolute atomic E-state index is 12.8. The van der Waals surface area contributed by atoms with Gasteiger partial charge in [0.05, 0.1) is 6.42 Å². The highest BCUT2D eigenvalue weighted by atomic mass is 19.1. The molecule has 0 spiro atoms. The van der Waals surface area contributed by atoms with Gasteiger partial charge in [0.15, 0.2) is 0 Å². The SMILES string of the molecule is CC(C)N(CCC(=O)O)C(=O)c1ccc(F)cc1. The number of carboxylic acids is 1. The van der Waals surface area contributed by atoms with E-state index >= 15 is 0 Å². The lowest BCUT2D eigenvalue weighted by atomic mass is 10.1. The molecule has 1 rings (SSSR count).